The molecular weight excluding hydrogens is 331 g/mol. The van der Waals surface area contributed by atoms with Crippen molar-refractivity contribution in [1.29, 1.82) is 0 Å². The van der Waals surface area contributed by atoms with Crippen LogP contribution in [-0.4, -0.2) is 32.3 Å². The van der Waals surface area contributed by atoms with Gasteiger partial charge in [-0.3, -0.25) is 4.79 Å². The largest absolute Gasteiger partial charge is 0.330 e. The van der Waals surface area contributed by atoms with Crippen LogP contribution in [0.3, 0.4) is 0 Å². The zero-order valence-corrected chi connectivity index (χ0v) is 15.0. The van der Waals surface area contributed by atoms with Crippen LogP contribution in [0.2, 0.25) is 0 Å². The van der Waals surface area contributed by atoms with E-state index in [4.69, 9.17) is 0 Å². The minimum atomic E-state index is -0.254. The van der Waals surface area contributed by atoms with Gasteiger partial charge in [0, 0.05) is 6.54 Å². The van der Waals surface area contributed by atoms with Crippen molar-refractivity contribution in [3.63, 3.8) is 0 Å². The average Bonchev–Trinajstić information content (AvgIpc) is 3.26. The third-order valence-electron chi connectivity index (χ3n) is 5.70. The average molecular weight is 356 g/mol. The Morgan fingerprint density at radius 2 is 1.73 bits per heavy atom. The molecule has 2 heterocycles. The second-order valence-corrected chi connectivity index (χ2v) is 7.44. The molecule has 138 valence electrons. The maximum Gasteiger partial charge on any atom is 0.276 e. The van der Waals surface area contributed by atoms with Gasteiger partial charge in [-0.05, 0) is 43.4 Å². The third-order valence-corrected chi connectivity index (χ3v) is 5.70. The Kier molecular flexibility index (Phi) is 5.00. The maximum absolute atomic E-state index is 13.2. The van der Waals surface area contributed by atoms with Gasteiger partial charge in [0.05, 0.1) is 18.3 Å². The molecule has 1 aromatic carbocycles. The molecule has 1 atom stereocenters. The molecule has 0 bridgehead atoms. The zero-order chi connectivity index (χ0) is 17.9. The lowest BCUT2D eigenvalue weighted by molar-refractivity contribution is 0.0729. The van der Waals surface area contributed by atoms with Gasteiger partial charge in [0.25, 0.3) is 5.91 Å². The number of benzene rings is 1. The van der Waals surface area contributed by atoms with Crippen LogP contribution in [0, 0.1) is 5.82 Å². The molecule has 1 aromatic heterocycles. The lowest BCUT2D eigenvalue weighted by Gasteiger charge is -2.24. The Balaban J connectivity index is 1.50. The summed E-state index contributed by atoms with van der Waals surface area (Å²) in [6, 6.07) is 6.81. The van der Waals surface area contributed by atoms with Gasteiger partial charge >= 0.3 is 0 Å². The highest BCUT2D eigenvalue weighted by atomic mass is 19.1. The van der Waals surface area contributed by atoms with Crippen molar-refractivity contribution in [3.05, 3.63) is 47.5 Å². The van der Waals surface area contributed by atoms with E-state index in [9.17, 15) is 9.18 Å². The van der Waals surface area contributed by atoms with E-state index < -0.39 is 0 Å². The summed E-state index contributed by atoms with van der Waals surface area (Å²) in [5, 5.41) is 8.42. The van der Waals surface area contributed by atoms with E-state index in [1.54, 1.807) is 12.1 Å². The van der Waals surface area contributed by atoms with Gasteiger partial charge in [-0.25, -0.2) is 9.07 Å². The van der Waals surface area contributed by atoms with E-state index in [1.807, 2.05) is 15.8 Å². The van der Waals surface area contributed by atoms with Gasteiger partial charge in [-0.2, -0.15) is 0 Å². The topological polar surface area (TPSA) is 51.0 Å². The molecular formula is C20H25FN4O. The summed E-state index contributed by atoms with van der Waals surface area (Å²) >= 11 is 0. The van der Waals surface area contributed by atoms with Crippen LogP contribution in [0.4, 0.5) is 4.39 Å². The fourth-order valence-corrected chi connectivity index (χ4v) is 4.26. The highest BCUT2D eigenvalue weighted by Gasteiger charge is 2.32. The Bertz CT molecular complexity index is 749. The van der Waals surface area contributed by atoms with Crippen LogP contribution in [0.1, 0.15) is 79.5 Å². The lowest BCUT2D eigenvalue weighted by atomic mass is 10.0. The number of carbonyl (C=O) groups excluding carboxylic acids is 1. The summed E-state index contributed by atoms with van der Waals surface area (Å²) in [7, 11) is 0. The molecule has 0 spiro atoms. The molecule has 5 nitrogen and oxygen atoms in total. The van der Waals surface area contributed by atoms with Gasteiger partial charge < -0.3 is 4.90 Å². The van der Waals surface area contributed by atoms with Crippen molar-refractivity contribution in [2.45, 2.75) is 63.5 Å². The minimum Gasteiger partial charge on any atom is -0.330 e. The first-order valence-electron chi connectivity index (χ1n) is 9.70. The minimum absolute atomic E-state index is 0.00821. The van der Waals surface area contributed by atoms with E-state index in [2.05, 4.69) is 10.3 Å². The van der Waals surface area contributed by atoms with Gasteiger partial charge in [-0.15, -0.1) is 5.10 Å². The van der Waals surface area contributed by atoms with Crippen LogP contribution in [0.25, 0.3) is 0 Å². The number of rotatable bonds is 3. The summed E-state index contributed by atoms with van der Waals surface area (Å²) in [6.45, 7) is 0.706. The number of hydrogen-bond donors (Lipinski definition) is 0. The number of halogens is 1. The maximum atomic E-state index is 13.2. The summed E-state index contributed by atoms with van der Waals surface area (Å²) in [5.74, 6) is -0.326. The van der Waals surface area contributed by atoms with Crippen LogP contribution in [0.5, 0.6) is 0 Å². The van der Waals surface area contributed by atoms with Crippen LogP contribution in [0.15, 0.2) is 30.5 Å². The van der Waals surface area contributed by atoms with E-state index in [0.29, 0.717) is 18.3 Å². The Labute approximate surface area is 153 Å². The van der Waals surface area contributed by atoms with E-state index in [1.165, 1.54) is 37.8 Å². The number of aromatic nitrogens is 3. The number of nitrogens with zero attached hydrogens (tertiary/aromatic N) is 4. The second-order valence-electron chi connectivity index (χ2n) is 7.44. The second kappa shape index (κ2) is 7.56. The van der Waals surface area contributed by atoms with Crippen molar-refractivity contribution in [3.8, 4) is 0 Å². The number of hydrogen-bond acceptors (Lipinski definition) is 3. The van der Waals surface area contributed by atoms with E-state index >= 15 is 0 Å². The highest BCUT2D eigenvalue weighted by molar-refractivity contribution is 5.92. The van der Waals surface area contributed by atoms with Crippen LogP contribution >= 0.6 is 0 Å². The van der Waals surface area contributed by atoms with Crippen molar-refractivity contribution in [2.24, 2.45) is 0 Å². The molecule has 1 aliphatic carbocycles. The summed E-state index contributed by atoms with van der Waals surface area (Å²) in [5.41, 5.74) is 1.40. The molecule has 0 unspecified atom stereocenters. The van der Waals surface area contributed by atoms with Crippen molar-refractivity contribution in [1.82, 2.24) is 19.9 Å². The Morgan fingerprint density at radius 1 is 1.00 bits per heavy atom. The molecule has 6 heteroatoms. The highest BCUT2D eigenvalue weighted by Crippen LogP contribution is 2.33. The van der Waals surface area contributed by atoms with Crippen molar-refractivity contribution >= 4 is 5.91 Å². The predicted octanol–water partition coefficient (Wildman–Crippen LogP) is 4.29. The standard InChI is InChI=1S/C20H25FN4O/c21-16-11-9-15(10-12-16)19-8-5-13-24(19)20(26)18-14-25(23-22-18)17-6-3-1-2-4-7-17/h9-12,14,17,19H,1-8,13H2/t19-/m0/s1. The molecule has 1 amide bonds. The lowest BCUT2D eigenvalue weighted by Crippen LogP contribution is -2.30. The molecule has 26 heavy (non-hydrogen) atoms. The molecule has 1 saturated carbocycles. The first-order valence-corrected chi connectivity index (χ1v) is 9.70. The van der Waals surface area contributed by atoms with Crippen molar-refractivity contribution < 1.29 is 9.18 Å². The van der Waals surface area contributed by atoms with Crippen LogP contribution < -0.4 is 0 Å². The van der Waals surface area contributed by atoms with Gasteiger partial charge in [0.15, 0.2) is 5.69 Å². The molecule has 4 rings (SSSR count). The molecule has 0 N–H and O–H groups in total. The molecule has 1 saturated heterocycles. The number of likely N-dealkylation sites (tertiary alicyclic amines) is 1. The quantitative estimate of drug-likeness (QED) is 0.771. The predicted molar refractivity (Wildman–Crippen MR) is 96.2 cm³/mol. The molecule has 2 aromatic rings. The fourth-order valence-electron chi connectivity index (χ4n) is 4.26. The monoisotopic (exact) mass is 356 g/mol. The molecule has 1 aliphatic heterocycles. The van der Waals surface area contributed by atoms with Crippen molar-refractivity contribution in [2.75, 3.05) is 6.54 Å². The summed E-state index contributed by atoms with van der Waals surface area (Å²) < 4.78 is 15.1. The first-order chi connectivity index (χ1) is 12.7. The third kappa shape index (κ3) is 3.50. The normalized spacial score (nSPS) is 21.7. The SMILES string of the molecule is O=C(c1cn(C2CCCCCC2)nn1)N1CCC[C@H]1c1ccc(F)cc1. The number of carbonyl (C=O) groups is 1. The number of amides is 1. The Hall–Kier alpha value is -2.24. The molecule has 0 radical (unpaired) electrons. The fraction of sp³-hybridized carbons (Fsp3) is 0.550. The van der Waals surface area contributed by atoms with E-state index in [0.717, 1.165) is 31.2 Å². The van der Waals surface area contributed by atoms with Gasteiger partial charge in [0.1, 0.15) is 5.82 Å². The molecule has 2 aliphatic rings. The smallest absolute Gasteiger partial charge is 0.276 e. The Morgan fingerprint density at radius 3 is 2.46 bits per heavy atom. The summed E-state index contributed by atoms with van der Waals surface area (Å²) in [4.78, 5) is 14.9. The zero-order valence-electron chi connectivity index (χ0n) is 15.0. The van der Waals surface area contributed by atoms with Crippen LogP contribution in [-0.2, 0) is 0 Å². The molecule has 2 fully saturated rings. The van der Waals surface area contributed by atoms with E-state index in [-0.39, 0.29) is 17.8 Å². The summed E-state index contributed by atoms with van der Waals surface area (Å²) in [6.07, 6.45) is 10.9. The van der Waals surface area contributed by atoms with Gasteiger partial charge in [0.2, 0.25) is 0 Å². The first kappa shape index (κ1) is 17.2. The van der Waals surface area contributed by atoms with Gasteiger partial charge in [-0.1, -0.05) is 43.0 Å².